The highest BCUT2D eigenvalue weighted by Crippen LogP contribution is 2.42. The number of aromatic nitrogens is 5. The molecule has 3 heterocycles. The molecule has 1 fully saturated rings. The molecular formula is C53H59ClN6O7. The first kappa shape index (κ1) is 49.4. The zero-order chi connectivity index (χ0) is 47.7. The van der Waals surface area contributed by atoms with Crippen LogP contribution in [0.4, 0.5) is 5.95 Å². The van der Waals surface area contributed by atoms with E-state index in [0.717, 1.165) is 38.5 Å². The second-order valence-corrected chi connectivity index (χ2v) is 16.6. The van der Waals surface area contributed by atoms with Gasteiger partial charge in [0.2, 0.25) is 5.95 Å². The first-order valence-electron chi connectivity index (χ1n) is 22.6. The van der Waals surface area contributed by atoms with E-state index in [1.54, 1.807) is 65.6 Å². The molecule has 0 unspecified atom stereocenters. The lowest BCUT2D eigenvalue weighted by atomic mass is 10.0. The number of benzene rings is 2. The molecule has 3 aromatic heterocycles. The van der Waals surface area contributed by atoms with Crippen molar-refractivity contribution >= 4 is 57.5 Å². The molecule has 350 valence electrons. The van der Waals surface area contributed by atoms with Crippen LogP contribution in [0.1, 0.15) is 92.4 Å². The molecule has 1 aliphatic rings. The molecule has 1 aliphatic carbocycles. The Balaban J connectivity index is 1.07. The van der Waals surface area contributed by atoms with Gasteiger partial charge in [-0.25, -0.2) is 4.98 Å². The van der Waals surface area contributed by atoms with Crippen molar-refractivity contribution in [3.05, 3.63) is 166 Å². The molecule has 0 spiro atoms. The maximum absolute atomic E-state index is 13.8. The number of carbonyl (C=O) groups is 3. The topological polar surface area (TPSA) is 173 Å². The van der Waals surface area contributed by atoms with E-state index in [4.69, 9.17) is 31.5 Å². The maximum atomic E-state index is 13.8. The number of nitrogens with one attached hydrogen (secondary N) is 1. The highest BCUT2D eigenvalue weighted by atomic mass is 35.5. The van der Waals surface area contributed by atoms with Crippen LogP contribution in [0.3, 0.4) is 0 Å². The molecule has 5 aromatic rings. The fraction of sp³-hybridized carbons (Fsp3) is 0.321. The average molecular weight is 928 g/mol. The molecule has 67 heavy (non-hydrogen) atoms. The van der Waals surface area contributed by atoms with Crippen molar-refractivity contribution in [1.29, 1.82) is 0 Å². The van der Waals surface area contributed by atoms with Gasteiger partial charge in [0.05, 0.1) is 37.3 Å². The number of H-pyrrole nitrogens is 1. The maximum Gasteiger partial charge on any atom is 0.310 e. The van der Waals surface area contributed by atoms with Crippen LogP contribution in [0.15, 0.2) is 139 Å². The van der Waals surface area contributed by atoms with E-state index in [9.17, 15) is 19.2 Å². The summed E-state index contributed by atoms with van der Waals surface area (Å²) in [4.78, 5) is 64.7. The molecule has 0 saturated heterocycles. The summed E-state index contributed by atoms with van der Waals surface area (Å²) in [5.74, 6) is -1.37. The molecule has 2 aromatic carbocycles. The number of imidazole rings is 1. The van der Waals surface area contributed by atoms with Crippen LogP contribution in [0.5, 0.6) is 5.75 Å². The fourth-order valence-corrected chi connectivity index (χ4v) is 8.20. The molecule has 1 saturated carbocycles. The first-order valence-corrected chi connectivity index (χ1v) is 23.0. The minimum Gasteiger partial charge on any atom is -0.497 e. The van der Waals surface area contributed by atoms with Gasteiger partial charge in [0.1, 0.15) is 18.5 Å². The molecule has 14 heteroatoms. The lowest BCUT2D eigenvalue weighted by Gasteiger charge is -2.20. The van der Waals surface area contributed by atoms with E-state index in [-0.39, 0.29) is 48.9 Å². The molecule has 0 amide bonds. The number of allylic oxidation sites excluding steroid dienone is 12. The van der Waals surface area contributed by atoms with Crippen LogP contribution in [0.25, 0.3) is 22.1 Å². The Labute approximate surface area is 396 Å². The van der Waals surface area contributed by atoms with Crippen molar-refractivity contribution in [2.24, 2.45) is 5.92 Å². The number of rotatable bonds is 22. The lowest BCUT2D eigenvalue weighted by molar-refractivity contribution is -0.153. The van der Waals surface area contributed by atoms with E-state index < -0.39 is 35.6 Å². The predicted molar refractivity (Wildman–Crippen MR) is 265 cm³/mol. The smallest absolute Gasteiger partial charge is 0.310 e. The molecule has 0 radical (unpaired) electrons. The zero-order valence-corrected chi connectivity index (χ0v) is 39.1. The van der Waals surface area contributed by atoms with Gasteiger partial charge in [-0.15, -0.1) is 0 Å². The fourth-order valence-electron chi connectivity index (χ4n) is 8.07. The van der Waals surface area contributed by atoms with Crippen molar-refractivity contribution < 1.29 is 28.6 Å². The Morgan fingerprint density at radius 1 is 0.896 bits per heavy atom. The Hall–Kier alpha value is -6.99. The number of aromatic amines is 1. The van der Waals surface area contributed by atoms with Crippen LogP contribution in [-0.2, 0) is 25.5 Å². The largest absolute Gasteiger partial charge is 0.497 e. The number of fused-ring (bicyclic) bond motifs is 2. The molecule has 0 aliphatic heterocycles. The number of hydrogen-bond acceptors (Lipinski definition) is 10. The number of anilines is 1. The molecule has 13 nitrogen and oxygen atoms in total. The highest BCUT2D eigenvalue weighted by molar-refractivity contribution is 6.30. The van der Waals surface area contributed by atoms with Gasteiger partial charge in [-0.2, -0.15) is 4.98 Å². The Morgan fingerprint density at radius 3 is 2.15 bits per heavy atom. The normalized spacial score (nSPS) is 16.7. The summed E-state index contributed by atoms with van der Waals surface area (Å²) in [6.45, 7) is 8.13. The van der Waals surface area contributed by atoms with Crippen molar-refractivity contribution in [2.45, 2.75) is 90.2 Å². The van der Waals surface area contributed by atoms with E-state index in [1.165, 1.54) is 6.33 Å². The van der Waals surface area contributed by atoms with Gasteiger partial charge in [0, 0.05) is 34.5 Å². The van der Waals surface area contributed by atoms with Crippen molar-refractivity contribution in [1.82, 2.24) is 24.1 Å². The number of nitrogens with two attached hydrogens (primary N) is 1. The second-order valence-electron chi connectivity index (χ2n) is 16.1. The quantitative estimate of drug-likeness (QED) is 0.0502. The number of ether oxygens (including phenoxy) is 3. The summed E-state index contributed by atoms with van der Waals surface area (Å²) in [7, 11) is 1.55. The standard InChI is InChI=1S/C53H59ClN6O7/c1-5-6-7-8-9-10-11-12-13-14-15-16-17-18-19-20-21-22-23-24-47(61)67-46-33-45(59-35-56-49-50(59)57-53(55)58-51(49)63)36(2)43(46)34-66-48(62)32-41-37(3)60(44-30-29-40(65-4)31-42(41)44)52(64)38-25-27-39(54)28-26-38/h6-7,9-10,12-13,15-16,18-19,21-22,25-31,35,43,45-46H,2,5,8,11,14,17,20,23-24,32-34H2,1,3-4H3,(H3,55,57,58,63)/b7-6-,10-9-,13-12-,16-15-,19-18-,22-21?/t43-,45-,46-/m0/s1. The lowest BCUT2D eigenvalue weighted by Crippen LogP contribution is -2.27. The number of carbonyl (C=O) groups excluding carboxylic acids is 3. The Morgan fingerprint density at radius 2 is 1.52 bits per heavy atom. The van der Waals surface area contributed by atoms with Crippen LogP contribution in [0.2, 0.25) is 5.02 Å². The van der Waals surface area contributed by atoms with Gasteiger partial charge in [-0.05, 0) is 105 Å². The van der Waals surface area contributed by atoms with Gasteiger partial charge in [0.15, 0.2) is 11.2 Å². The van der Waals surface area contributed by atoms with Gasteiger partial charge in [0.25, 0.3) is 11.5 Å². The Kier molecular flexibility index (Phi) is 18.1. The predicted octanol–water partition coefficient (Wildman–Crippen LogP) is 10.6. The summed E-state index contributed by atoms with van der Waals surface area (Å²) in [6, 6.07) is 11.4. The third-order valence-corrected chi connectivity index (χ3v) is 11.8. The number of halogens is 1. The van der Waals surface area contributed by atoms with Crippen LogP contribution in [0, 0.1) is 12.8 Å². The van der Waals surface area contributed by atoms with Gasteiger partial charge < -0.3 is 24.5 Å². The van der Waals surface area contributed by atoms with Crippen LogP contribution in [-0.4, -0.2) is 61.8 Å². The number of esters is 2. The molecule has 3 atom stereocenters. The summed E-state index contributed by atoms with van der Waals surface area (Å²) in [5, 5.41) is 1.16. The van der Waals surface area contributed by atoms with Crippen molar-refractivity contribution in [3.8, 4) is 5.75 Å². The average Bonchev–Trinajstić information content (AvgIpc) is 3.96. The Bertz CT molecular complexity index is 2790. The second kappa shape index (κ2) is 24.5. The molecule has 0 bridgehead atoms. The third kappa shape index (κ3) is 13.1. The SMILES string of the molecule is C=C1[C@H](COC(=O)Cc2c(C)n(C(=O)c3ccc(Cl)cc3)c3ccc(OC)cc23)[C@@H](OC(=O)CCC=CC/C=C\C/C=C\C/C=C\C/C=C\C/C=C\CC)C[C@@H]1n1cnc2c(=O)[nH]c(N)nc21. The number of nitrogen functional groups attached to an aromatic ring is 1. The third-order valence-electron chi connectivity index (χ3n) is 11.6. The minimum atomic E-state index is -0.718. The van der Waals surface area contributed by atoms with E-state index in [1.807, 2.05) is 12.2 Å². The number of nitrogens with zero attached hydrogens (tertiary/aromatic N) is 4. The molecule has 6 rings (SSSR count). The summed E-state index contributed by atoms with van der Waals surface area (Å²) in [6.07, 6.45) is 32.6. The van der Waals surface area contributed by atoms with E-state index >= 15 is 0 Å². The van der Waals surface area contributed by atoms with Gasteiger partial charge in [-0.1, -0.05) is 98.0 Å². The van der Waals surface area contributed by atoms with Crippen LogP contribution < -0.4 is 16.0 Å². The molecule has 3 N–H and O–H groups in total. The number of methoxy groups -OCH3 is 1. The van der Waals surface area contributed by atoms with E-state index in [0.29, 0.717) is 50.5 Å². The zero-order valence-electron chi connectivity index (χ0n) is 38.4. The van der Waals surface area contributed by atoms with E-state index in [2.05, 4.69) is 89.2 Å². The monoisotopic (exact) mass is 926 g/mol. The van der Waals surface area contributed by atoms with Crippen molar-refractivity contribution in [3.63, 3.8) is 0 Å². The number of hydrogen-bond donors (Lipinski definition) is 2. The molecular weight excluding hydrogens is 868 g/mol. The summed E-state index contributed by atoms with van der Waals surface area (Å²) >= 11 is 6.10. The highest BCUT2D eigenvalue weighted by Gasteiger charge is 2.42. The van der Waals surface area contributed by atoms with Gasteiger partial charge in [-0.3, -0.25) is 28.7 Å². The summed E-state index contributed by atoms with van der Waals surface area (Å²) in [5.41, 5.74) is 8.56. The summed E-state index contributed by atoms with van der Waals surface area (Å²) < 4.78 is 20.8. The van der Waals surface area contributed by atoms with Crippen molar-refractivity contribution in [2.75, 3.05) is 19.5 Å². The first-order chi connectivity index (χ1) is 32.5. The minimum absolute atomic E-state index is 0.0742. The van der Waals surface area contributed by atoms with Gasteiger partial charge >= 0.3 is 11.9 Å². The van der Waals surface area contributed by atoms with Crippen LogP contribution >= 0.6 is 11.6 Å².